The molecule has 0 unspecified atom stereocenters. The van der Waals surface area contributed by atoms with Gasteiger partial charge in [-0.2, -0.15) is 0 Å². The van der Waals surface area contributed by atoms with Gasteiger partial charge in [0.2, 0.25) is 0 Å². The molecule has 0 saturated carbocycles. The Bertz CT molecular complexity index is 957. The lowest BCUT2D eigenvalue weighted by Gasteiger charge is -2.15. The summed E-state index contributed by atoms with van der Waals surface area (Å²) in [4.78, 5) is 10.8. The zero-order chi connectivity index (χ0) is 21.3. The second-order valence-corrected chi connectivity index (χ2v) is 7.41. The zero-order valence-electron chi connectivity index (χ0n) is 17.9. The smallest absolute Gasteiger partial charge is 0.150 e. The molecule has 0 heterocycles. The zero-order valence-corrected chi connectivity index (χ0v) is 17.9. The van der Waals surface area contributed by atoms with E-state index in [4.69, 9.17) is 9.47 Å². The third kappa shape index (κ3) is 5.71. The highest BCUT2D eigenvalue weighted by Gasteiger charge is 2.09. The first kappa shape index (κ1) is 21.6. The van der Waals surface area contributed by atoms with Gasteiger partial charge in [0, 0.05) is 5.56 Å². The van der Waals surface area contributed by atoms with E-state index in [-0.39, 0.29) is 0 Å². The van der Waals surface area contributed by atoms with Crippen molar-refractivity contribution in [2.45, 2.75) is 26.9 Å². The van der Waals surface area contributed by atoms with Crippen molar-refractivity contribution >= 4 is 6.29 Å². The maximum absolute atomic E-state index is 10.8. The Morgan fingerprint density at radius 3 is 2.30 bits per heavy atom. The van der Waals surface area contributed by atoms with Gasteiger partial charge >= 0.3 is 0 Å². The van der Waals surface area contributed by atoms with E-state index in [0.717, 1.165) is 36.3 Å². The topological polar surface area (TPSA) is 47.6 Å². The summed E-state index contributed by atoms with van der Waals surface area (Å²) in [5, 5.41) is 3.13. The molecule has 0 aliphatic carbocycles. The van der Waals surface area contributed by atoms with Crippen LogP contribution in [0.1, 0.15) is 33.5 Å². The minimum Gasteiger partial charge on any atom is -0.494 e. The number of carbonyl (C=O) groups is 1. The van der Waals surface area contributed by atoms with Gasteiger partial charge in [0.05, 0.1) is 6.61 Å². The molecule has 0 atom stereocenters. The summed E-state index contributed by atoms with van der Waals surface area (Å²) in [5.74, 6) is 1.67. The van der Waals surface area contributed by atoms with Crippen LogP contribution in [0.2, 0.25) is 0 Å². The van der Waals surface area contributed by atoms with Crippen LogP contribution in [0.25, 0.3) is 11.1 Å². The number of carbonyl (C=O) groups excluding carboxylic acids is 1. The van der Waals surface area contributed by atoms with Crippen molar-refractivity contribution in [2.75, 3.05) is 20.2 Å². The average molecular weight is 404 g/mol. The van der Waals surface area contributed by atoms with Gasteiger partial charge in [-0.3, -0.25) is 4.79 Å². The first-order valence-corrected chi connectivity index (χ1v) is 10.3. The molecule has 4 heteroatoms. The van der Waals surface area contributed by atoms with Crippen LogP contribution >= 0.6 is 0 Å². The van der Waals surface area contributed by atoms with Crippen molar-refractivity contribution in [3.63, 3.8) is 0 Å². The van der Waals surface area contributed by atoms with Crippen LogP contribution in [0.4, 0.5) is 0 Å². The van der Waals surface area contributed by atoms with E-state index in [1.54, 1.807) is 12.1 Å². The van der Waals surface area contributed by atoms with Crippen LogP contribution in [0.15, 0.2) is 60.7 Å². The average Bonchev–Trinajstić information content (AvgIpc) is 2.75. The summed E-state index contributed by atoms with van der Waals surface area (Å²) in [6, 6.07) is 19.8. The molecule has 0 saturated heterocycles. The van der Waals surface area contributed by atoms with E-state index in [1.165, 1.54) is 22.3 Å². The van der Waals surface area contributed by atoms with Crippen LogP contribution < -0.4 is 14.8 Å². The number of benzene rings is 3. The second kappa shape index (κ2) is 10.6. The molecule has 3 aromatic carbocycles. The molecule has 156 valence electrons. The number of nitrogens with one attached hydrogen (secondary N) is 1. The highest BCUT2D eigenvalue weighted by atomic mass is 16.5. The van der Waals surface area contributed by atoms with Crippen molar-refractivity contribution in [3.05, 3.63) is 82.9 Å². The van der Waals surface area contributed by atoms with Crippen LogP contribution in [0, 0.1) is 13.8 Å². The Morgan fingerprint density at radius 1 is 0.900 bits per heavy atom. The van der Waals surface area contributed by atoms with E-state index in [1.807, 2.05) is 19.2 Å². The van der Waals surface area contributed by atoms with Crippen LogP contribution in [0.3, 0.4) is 0 Å². The summed E-state index contributed by atoms with van der Waals surface area (Å²) in [6.07, 6.45) is 1.81. The fourth-order valence-electron chi connectivity index (χ4n) is 3.53. The normalized spacial score (nSPS) is 10.6. The SMILES string of the molecule is CNCCCOc1cc(C)c(-c2cccc(COc3ccc(C=O)cc3)c2)c(C)c1. The molecule has 0 aliphatic heterocycles. The van der Waals surface area contributed by atoms with Crippen molar-refractivity contribution in [3.8, 4) is 22.6 Å². The summed E-state index contributed by atoms with van der Waals surface area (Å²) in [5.41, 5.74) is 6.53. The molecule has 0 amide bonds. The quantitative estimate of drug-likeness (QED) is 0.366. The third-order valence-electron chi connectivity index (χ3n) is 4.98. The first-order valence-electron chi connectivity index (χ1n) is 10.3. The van der Waals surface area contributed by atoms with Gasteiger partial charge in [0.25, 0.3) is 0 Å². The van der Waals surface area contributed by atoms with Crippen LogP contribution in [-0.2, 0) is 6.61 Å². The Morgan fingerprint density at radius 2 is 1.63 bits per heavy atom. The Balaban J connectivity index is 1.72. The largest absolute Gasteiger partial charge is 0.494 e. The Kier molecular flexibility index (Phi) is 7.63. The van der Waals surface area contributed by atoms with E-state index in [0.29, 0.717) is 18.8 Å². The summed E-state index contributed by atoms with van der Waals surface area (Å²) in [7, 11) is 1.95. The number of aldehydes is 1. The molecule has 0 radical (unpaired) electrons. The first-order chi connectivity index (χ1) is 14.6. The second-order valence-electron chi connectivity index (χ2n) is 7.41. The van der Waals surface area contributed by atoms with Gasteiger partial charge in [-0.05, 0) is 104 Å². The predicted octanol–water partition coefficient (Wildman–Crippen LogP) is 5.35. The number of ether oxygens (including phenoxy) is 2. The van der Waals surface area contributed by atoms with Crippen molar-refractivity contribution in [2.24, 2.45) is 0 Å². The standard InChI is InChI=1S/C26H29NO3/c1-19-14-25(29-13-5-12-27-3)15-20(2)26(19)23-7-4-6-22(16-23)18-30-24-10-8-21(17-28)9-11-24/h4,6-11,14-17,27H,5,12-13,18H2,1-3H3. The molecule has 0 fully saturated rings. The fourth-order valence-corrected chi connectivity index (χ4v) is 3.53. The van der Waals surface area contributed by atoms with Crippen molar-refractivity contribution in [1.29, 1.82) is 0 Å². The molecule has 0 aromatic heterocycles. The molecular formula is C26H29NO3. The number of aryl methyl sites for hydroxylation is 2. The number of hydrogen-bond acceptors (Lipinski definition) is 4. The lowest BCUT2D eigenvalue weighted by Crippen LogP contribution is -2.11. The molecule has 3 aromatic rings. The van der Waals surface area contributed by atoms with E-state index in [2.05, 4.69) is 55.6 Å². The monoisotopic (exact) mass is 403 g/mol. The van der Waals surface area contributed by atoms with Gasteiger partial charge < -0.3 is 14.8 Å². The van der Waals surface area contributed by atoms with Crippen molar-refractivity contribution < 1.29 is 14.3 Å². The molecule has 0 spiro atoms. The van der Waals surface area contributed by atoms with E-state index < -0.39 is 0 Å². The van der Waals surface area contributed by atoms with Crippen LogP contribution in [-0.4, -0.2) is 26.5 Å². The van der Waals surface area contributed by atoms with Gasteiger partial charge in [-0.15, -0.1) is 0 Å². The highest BCUT2D eigenvalue weighted by Crippen LogP contribution is 2.31. The van der Waals surface area contributed by atoms with Gasteiger partial charge in [-0.1, -0.05) is 18.2 Å². The molecule has 0 aliphatic rings. The minimum absolute atomic E-state index is 0.471. The molecule has 3 rings (SSSR count). The summed E-state index contributed by atoms with van der Waals surface area (Å²) >= 11 is 0. The van der Waals surface area contributed by atoms with Gasteiger partial charge in [0.15, 0.2) is 0 Å². The fraction of sp³-hybridized carbons (Fsp3) is 0.269. The summed E-state index contributed by atoms with van der Waals surface area (Å²) < 4.78 is 11.8. The lowest BCUT2D eigenvalue weighted by molar-refractivity contribution is 0.112. The molecule has 1 N–H and O–H groups in total. The molecule has 30 heavy (non-hydrogen) atoms. The number of hydrogen-bond donors (Lipinski definition) is 1. The predicted molar refractivity (Wildman–Crippen MR) is 122 cm³/mol. The van der Waals surface area contributed by atoms with E-state index in [9.17, 15) is 4.79 Å². The molecule has 0 bridgehead atoms. The Labute approximate surface area is 178 Å². The lowest BCUT2D eigenvalue weighted by atomic mass is 9.94. The minimum atomic E-state index is 0.471. The maximum atomic E-state index is 10.8. The summed E-state index contributed by atoms with van der Waals surface area (Å²) in [6.45, 7) is 6.38. The molecular weight excluding hydrogens is 374 g/mol. The number of rotatable bonds is 10. The highest BCUT2D eigenvalue weighted by molar-refractivity contribution is 5.75. The molecule has 4 nitrogen and oxygen atoms in total. The van der Waals surface area contributed by atoms with Gasteiger partial charge in [-0.25, -0.2) is 0 Å². The van der Waals surface area contributed by atoms with Gasteiger partial charge in [0.1, 0.15) is 24.4 Å². The maximum Gasteiger partial charge on any atom is 0.150 e. The van der Waals surface area contributed by atoms with E-state index >= 15 is 0 Å². The van der Waals surface area contributed by atoms with Crippen molar-refractivity contribution in [1.82, 2.24) is 5.32 Å². The third-order valence-corrected chi connectivity index (χ3v) is 4.98. The Hall–Kier alpha value is -3.11. The van der Waals surface area contributed by atoms with Crippen LogP contribution in [0.5, 0.6) is 11.5 Å².